The zero-order valence-electron chi connectivity index (χ0n) is 18.2. The first-order valence-corrected chi connectivity index (χ1v) is 11.8. The lowest BCUT2D eigenvalue weighted by atomic mass is 9.96. The molecule has 2 aromatic carbocycles. The Hall–Kier alpha value is -2.94. The summed E-state index contributed by atoms with van der Waals surface area (Å²) in [5.41, 5.74) is 1.98. The minimum Gasteiger partial charge on any atom is -0.418 e. The summed E-state index contributed by atoms with van der Waals surface area (Å²) in [4.78, 5) is 5.65. The topological polar surface area (TPSA) is 45.4 Å². The number of hydrogen-bond donors (Lipinski definition) is 0. The van der Waals surface area contributed by atoms with Crippen LogP contribution in [-0.2, 0) is 0 Å². The first-order valence-electron chi connectivity index (χ1n) is 10.9. The number of halogens is 2. The highest BCUT2D eigenvalue weighted by Gasteiger charge is 2.30. The van der Waals surface area contributed by atoms with Gasteiger partial charge in [0.15, 0.2) is 0 Å². The number of aromatic nitrogens is 2. The molecule has 1 aliphatic heterocycles. The Morgan fingerprint density at radius 1 is 0.818 bits per heavy atom. The number of thiophene rings is 1. The number of rotatable bonds is 6. The van der Waals surface area contributed by atoms with E-state index in [2.05, 4.69) is 26.9 Å². The molecule has 2 aromatic heterocycles. The summed E-state index contributed by atoms with van der Waals surface area (Å²) in [6.07, 6.45) is 0. The highest BCUT2D eigenvalue weighted by molar-refractivity contribution is 7.13. The molecule has 0 bridgehead atoms. The van der Waals surface area contributed by atoms with Gasteiger partial charge in [0.2, 0.25) is 5.89 Å². The van der Waals surface area contributed by atoms with Gasteiger partial charge in [-0.1, -0.05) is 30.3 Å². The molecule has 1 saturated heterocycles. The van der Waals surface area contributed by atoms with Crippen LogP contribution in [-0.4, -0.2) is 46.2 Å². The third-order valence-electron chi connectivity index (χ3n) is 6.16. The van der Waals surface area contributed by atoms with E-state index in [1.54, 1.807) is 11.3 Å². The van der Waals surface area contributed by atoms with Gasteiger partial charge in [0.25, 0.3) is 5.89 Å². The second-order valence-corrected chi connectivity index (χ2v) is 9.12. The fourth-order valence-electron chi connectivity index (χ4n) is 4.35. The molecule has 0 amide bonds. The van der Waals surface area contributed by atoms with Crippen LogP contribution in [0.4, 0.5) is 8.78 Å². The third kappa shape index (κ3) is 4.73. The second-order valence-electron chi connectivity index (χ2n) is 8.18. The van der Waals surface area contributed by atoms with Gasteiger partial charge in [-0.15, -0.1) is 21.5 Å². The van der Waals surface area contributed by atoms with Crippen molar-refractivity contribution >= 4 is 11.3 Å². The van der Waals surface area contributed by atoms with Crippen molar-refractivity contribution in [3.63, 3.8) is 0 Å². The van der Waals surface area contributed by atoms with E-state index in [4.69, 9.17) is 4.42 Å². The average Bonchev–Trinajstić information content (AvgIpc) is 3.54. The fourth-order valence-corrected chi connectivity index (χ4v) is 4.99. The van der Waals surface area contributed by atoms with Gasteiger partial charge < -0.3 is 4.42 Å². The molecule has 3 heterocycles. The SMILES string of the molecule is C[C@H](c1nnc(-c2cccs2)o1)N1CCN(C(c2ccc(F)cc2)c2ccc(F)cc2)CC1. The van der Waals surface area contributed by atoms with E-state index in [9.17, 15) is 8.78 Å². The van der Waals surface area contributed by atoms with E-state index in [0.29, 0.717) is 11.8 Å². The first kappa shape index (κ1) is 21.9. The van der Waals surface area contributed by atoms with Crippen LogP contribution in [0.25, 0.3) is 10.8 Å². The maximum Gasteiger partial charge on any atom is 0.257 e. The second kappa shape index (κ2) is 9.51. The zero-order valence-corrected chi connectivity index (χ0v) is 19.0. The third-order valence-corrected chi connectivity index (χ3v) is 7.02. The van der Waals surface area contributed by atoms with Crippen molar-refractivity contribution < 1.29 is 13.2 Å². The molecule has 5 nitrogen and oxygen atoms in total. The van der Waals surface area contributed by atoms with Crippen LogP contribution in [0, 0.1) is 11.6 Å². The van der Waals surface area contributed by atoms with Gasteiger partial charge in [-0.05, 0) is 53.8 Å². The fraction of sp³-hybridized carbons (Fsp3) is 0.280. The van der Waals surface area contributed by atoms with E-state index in [1.807, 2.05) is 41.8 Å². The average molecular weight is 467 g/mol. The number of nitrogens with zero attached hydrogens (tertiary/aromatic N) is 4. The van der Waals surface area contributed by atoms with E-state index < -0.39 is 0 Å². The highest BCUT2D eigenvalue weighted by atomic mass is 32.1. The minimum absolute atomic E-state index is 0.00320. The minimum atomic E-state index is -0.267. The Kier molecular flexibility index (Phi) is 6.30. The Bertz CT molecular complexity index is 1120. The largest absolute Gasteiger partial charge is 0.418 e. The molecule has 1 atom stereocenters. The molecular weight excluding hydrogens is 442 g/mol. The molecule has 0 radical (unpaired) electrons. The monoisotopic (exact) mass is 466 g/mol. The lowest BCUT2D eigenvalue weighted by Crippen LogP contribution is -2.48. The van der Waals surface area contributed by atoms with Crippen molar-refractivity contribution in [3.8, 4) is 10.8 Å². The summed E-state index contributed by atoms with van der Waals surface area (Å²) < 4.78 is 33.0. The van der Waals surface area contributed by atoms with E-state index >= 15 is 0 Å². The quantitative estimate of drug-likeness (QED) is 0.373. The standard InChI is InChI=1S/C25H24F2N4OS/c1-17(24-28-29-25(32-24)22-3-2-16-33-22)30-12-14-31(15-13-30)23(18-4-8-20(26)9-5-18)19-6-10-21(27)11-7-19/h2-11,16-17,23H,12-15H2,1H3/t17-/m1/s1. The Morgan fingerprint density at radius 3 is 1.94 bits per heavy atom. The predicted molar refractivity (Wildman–Crippen MR) is 124 cm³/mol. The highest BCUT2D eigenvalue weighted by Crippen LogP contribution is 2.32. The molecule has 1 aliphatic rings. The van der Waals surface area contributed by atoms with Crippen molar-refractivity contribution in [1.29, 1.82) is 0 Å². The first-order chi connectivity index (χ1) is 16.1. The van der Waals surface area contributed by atoms with Crippen LogP contribution in [0.15, 0.2) is 70.5 Å². The van der Waals surface area contributed by atoms with Crippen molar-refractivity contribution in [2.45, 2.75) is 19.0 Å². The van der Waals surface area contributed by atoms with Crippen molar-refractivity contribution in [2.24, 2.45) is 0 Å². The summed E-state index contributed by atoms with van der Waals surface area (Å²) in [7, 11) is 0. The maximum absolute atomic E-state index is 13.6. The van der Waals surface area contributed by atoms with Crippen LogP contribution in [0.5, 0.6) is 0 Å². The maximum atomic E-state index is 13.6. The zero-order chi connectivity index (χ0) is 22.8. The van der Waals surface area contributed by atoms with Crippen LogP contribution >= 0.6 is 11.3 Å². The van der Waals surface area contributed by atoms with E-state index in [-0.39, 0.29) is 23.7 Å². The van der Waals surface area contributed by atoms with E-state index in [0.717, 1.165) is 42.2 Å². The van der Waals surface area contributed by atoms with Crippen LogP contribution in [0.1, 0.15) is 36.0 Å². The molecule has 5 rings (SSSR count). The van der Waals surface area contributed by atoms with Crippen LogP contribution < -0.4 is 0 Å². The van der Waals surface area contributed by atoms with Crippen molar-refractivity contribution in [2.75, 3.05) is 26.2 Å². The molecule has 8 heteroatoms. The van der Waals surface area contributed by atoms with Crippen molar-refractivity contribution in [3.05, 3.63) is 94.7 Å². The summed E-state index contributed by atoms with van der Waals surface area (Å²) in [5.74, 6) is 0.632. The summed E-state index contributed by atoms with van der Waals surface area (Å²) in [6, 6.07) is 17.0. The molecule has 1 fully saturated rings. The Balaban J connectivity index is 1.31. The van der Waals surface area contributed by atoms with Gasteiger partial charge in [0.05, 0.1) is 17.0 Å². The predicted octanol–water partition coefficient (Wildman–Crippen LogP) is 5.54. The normalized spacial score (nSPS) is 16.4. The van der Waals surface area contributed by atoms with Gasteiger partial charge in [0, 0.05) is 26.2 Å². The van der Waals surface area contributed by atoms with Crippen LogP contribution in [0.3, 0.4) is 0 Å². The van der Waals surface area contributed by atoms with Gasteiger partial charge in [-0.25, -0.2) is 8.78 Å². The van der Waals surface area contributed by atoms with Gasteiger partial charge >= 0.3 is 0 Å². The molecular formula is C25H24F2N4OS. The summed E-state index contributed by atoms with van der Waals surface area (Å²) in [5, 5.41) is 10.5. The number of hydrogen-bond acceptors (Lipinski definition) is 6. The van der Waals surface area contributed by atoms with Gasteiger partial charge in [-0.2, -0.15) is 0 Å². The lowest BCUT2D eigenvalue weighted by Gasteiger charge is -2.41. The smallest absolute Gasteiger partial charge is 0.257 e. The molecule has 4 aromatic rings. The van der Waals surface area contributed by atoms with Crippen molar-refractivity contribution in [1.82, 2.24) is 20.0 Å². The lowest BCUT2D eigenvalue weighted by molar-refractivity contribution is 0.0751. The van der Waals surface area contributed by atoms with E-state index in [1.165, 1.54) is 24.3 Å². The molecule has 0 aliphatic carbocycles. The molecule has 170 valence electrons. The summed E-state index contributed by atoms with van der Waals surface area (Å²) in [6.45, 7) is 5.32. The number of benzene rings is 2. The Labute approximate surface area is 195 Å². The van der Waals surface area contributed by atoms with Gasteiger partial charge in [-0.3, -0.25) is 9.80 Å². The number of piperazine rings is 1. The summed E-state index contributed by atoms with van der Waals surface area (Å²) >= 11 is 1.57. The molecule has 0 saturated carbocycles. The Morgan fingerprint density at radius 2 is 1.39 bits per heavy atom. The molecule has 33 heavy (non-hydrogen) atoms. The molecule has 0 N–H and O–H groups in total. The molecule has 0 unspecified atom stereocenters. The van der Waals surface area contributed by atoms with Crippen LogP contribution in [0.2, 0.25) is 0 Å². The molecule has 0 spiro atoms. The van der Waals surface area contributed by atoms with Gasteiger partial charge in [0.1, 0.15) is 11.6 Å².